The highest BCUT2D eigenvalue weighted by Crippen LogP contribution is 2.20. The fourth-order valence-corrected chi connectivity index (χ4v) is 3.22. The van der Waals surface area contributed by atoms with E-state index in [1.807, 2.05) is 71.3 Å². The topological polar surface area (TPSA) is 56.5 Å². The third-order valence-electron chi connectivity index (χ3n) is 4.49. The van der Waals surface area contributed by atoms with Crippen LogP contribution in [-0.2, 0) is 13.2 Å². The standard InChI is InChI=1S/C23H21ClN2O3/c24-17-10-12-20(13-11-17)29-16-23-25-21-8-4-5-9-22(21)26(23)14-18(27)15-28-19-6-2-1-3-7-19/h1-13,18,27H,14-16H2. The Labute approximate surface area is 174 Å². The fourth-order valence-electron chi connectivity index (χ4n) is 3.09. The zero-order chi connectivity index (χ0) is 20.1. The van der Waals surface area contributed by atoms with Crippen molar-refractivity contribution in [3.05, 3.63) is 89.7 Å². The molecule has 0 bridgehead atoms. The highest BCUT2D eigenvalue weighted by Gasteiger charge is 2.15. The minimum absolute atomic E-state index is 0.188. The highest BCUT2D eigenvalue weighted by molar-refractivity contribution is 6.30. The van der Waals surface area contributed by atoms with E-state index in [-0.39, 0.29) is 13.2 Å². The van der Waals surface area contributed by atoms with Crippen LogP contribution < -0.4 is 9.47 Å². The van der Waals surface area contributed by atoms with E-state index in [0.29, 0.717) is 17.3 Å². The lowest BCUT2D eigenvalue weighted by molar-refractivity contribution is 0.0917. The van der Waals surface area contributed by atoms with Crippen molar-refractivity contribution in [3.8, 4) is 11.5 Å². The third-order valence-corrected chi connectivity index (χ3v) is 4.75. The number of rotatable bonds is 8. The second-order valence-corrected chi connectivity index (χ2v) is 7.08. The Hall–Kier alpha value is -3.02. The molecule has 4 aromatic rings. The Kier molecular flexibility index (Phi) is 5.98. The van der Waals surface area contributed by atoms with Crippen molar-refractivity contribution >= 4 is 22.6 Å². The fraction of sp³-hybridized carbons (Fsp3) is 0.174. The zero-order valence-corrected chi connectivity index (χ0v) is 16.5. The second-order valence-electron chi connectivity index (χ2n) is 6.65. The van der Waals surface area contributed by atoms with Crippen LogP contribution in [0.3, 0.4) is 0 Å². The van der Waals surface area contributed by atoms with Crippen molar-refractivity contribution in [3.63, 3.8) is 0 Å². The zero-order valence-electron chi connectivity index (χ0n) is 15.7. The molecular formula is C23H21ClN2O3. The van der Waals surface area contributed by atoms with Crippen LogP contribution in [0.4, 0.5) is 0 Å². The number of aliphatic hydroxyl groups excluding tert-OH is 1. The average Bonchev–Trinajstić information content (AvgIpc) is 3.10. The summed E-state index contributed by atoms with van der Waals surface area (Å²) in [6, 6.07) is 24.5. The summed E-state index contributed by atoms with van der Waals surface area (Å²) < 4.78 is 13.5. The molecular weight excluding hydrogens is 388 g/mol. The SMILES string of the molecule is OC(COc1ccccc1)Cn1c(COc2ccc(Cl)cc2)nc2ccccc21. The van der Waals surface area contributed by atoms with Gasteiger partial charge in [0, 0.05) is 5.02 Å². The van der Waals surface area contributed by atoms with E-state index in [1.54, 1.807) is 12.1 Å². The number of aliphatic hydroxyl groups is 1. The van der Waals surface area contributed by atoms with E-state index in [4.69, 9.17) is 21.1 Å². The van der Waals surface area contributed by atoms with Gasteiger partial charge in [0.05, 0.1) is 17.6 Å². The molecule has 6 heteroatoms. The average molecular weight is 409 g/mol. The summed E-state index contributed by atoms with van der Waals surface area (Å²) in [6.45, 7) is 0.823. The number of hydrogen-bond acceptors (Lipinski definition) is 4. The number of imidazole rings is 1. The number of halogens is 1. The van der Waals surface area contributed by atoms with E-state index >= 15 is 0 Å². The Morgan fingerprint density at radius 1 is 0.862 bits per heavy atom. The molecule has 148 valence electrons. The van der Waals surface area contributed by atoms with E-state index in [1.165, 1.54) is 0 Å². The third kappa shape index (κ3) is 4.88. The molecule has 0 aliphatic heterocycles. The quantitative estimate of drug-likeness (QED) is 0.458. The minimum atomic E-state index is -0.693. The molecule has 0 fully saturated rings. The van der Waals surface area contributed by atoms with Crippen LogP contribution in [0, 0.1) is 0 Å². The molecule has 5 nitrogen and oxygen atoms in total. The molecule has 4 rings (SSSR count). The normalized spacial score (nSPS) is 12.1. The van der Waals surface area contributed by atoms with Crippen LogP contribution in [0.1, 0.15) is 5.82 Å². The summed E-state index contributed by atoms with van der Waals surface area (Å²) in [7, 11) is 0. The smallest absolute Gasteiger partial charge is 0.148 e. The van der Waals surface area contributed by atoms with E-state index < -0.39 is 6.10 Å². The van der Waals surface area contributed by atoms with E-state index in [0.717, 1.165) is 22.6 Å². The van der Waals surface area contributed by atoms with Gasteiger partial charge in [-0.3, -0.25) is 0 Å². The van der Waals surface area contributed by atoms with Crippen LogP contribution in [-0.4, -0.2) is 27.4 Å². The van der Waals surface area contributed by atoms with Gasteiger partial charge in [0.1, 0.15) is 36.6 Å². The van der Waals surface area contributed by atoms with Gasteiger partial charge in [0.25, 0.3) is 0 Å². The van der Waals surface area contributed by atoms with Crippen LogP contribution in [0.15, 0.2) is 78.9 Å². The molecule has 0 aliphatic carbocycles. The van der Waals surface area contributed by atoms with Crippen molar-refractivity contribution in [2.45, 2.75) is 19.3 Å². The summed E-state index contributed by atoms with van der Waals surface area (Å²) >= 11 is 5.93. The second kappa shape index (κ2) is 8.99. The molecule has 3 aromatic carbocycles. The number of para-hydroxylation sites is 3. The molecule has 29 heavy (non-hydrogen) atoms. The maximum atomic E-state index is 10.6. The molecule has 1 atom stereocenters. The van der Waals surface area contributed by atoms with Gasteiger partial charge >= 0.3 is 0 Å². The number of ether oxygens (including phenoxy) is 2. The van der Waals surface area contributed by atoms with Gasteiger partial charge in [0.15, 0.2) is 0 Å². The monoisotopic (exact) mass is 408 g/mol. The van der Waals surface area contributed by atoms with Gasteiger partial charge in [-0.1, -0.05) is 41.9 Å². The lowest BCUT2D eigenvalue weighted by Gasteiger charge is -2.16. The van der Waals surface area contributed by atoms with Crippen molar-refractivity contribution in [2.24, 2.45) is 0 Å². The van der Waals surface area contributed by atoms with Crippen molar-refractivity contribution in [1.82, 2.24) is 9.55 Å². The van der Waals surface area contributed by atoms with Crippen LogP contribution in [0.2, 0.25) is 5.02 Å². The lowest BCUT2D eigenvalue weighted by atomic mass is 10.3. The molecule has 0 saturated carbocycles. The van der Waals surface area contributed by atoms with Gasteiger partial charge in [-0.15, -0.1) is 0 Å². The summed E-state index contributed by atoms with van der Waals surface area (Å²) in [6.07, 6.45) is -0.693. The lowest BCUT2D eigenvalue weighted by Crippen LogP contribution is -2.25. The molecule has 0 spiro atoms. The number of fused-ring (bicyclic) bond motifs is 1. The van der Waals surface area contributed by atoms with Crippen LogP contribution >= 0.6 is 11.6 Å². The summed E-state index contributed by atoms with van der Waals surface area (Å²) in [5.41, 5.74) is 1.80. The molecule has 0 radical (unpaired) electrons. The van der Waals surface area contributed by atoms with E-state index in [2.05, 4.69) is 4.98 Å². The van der Waals surface area contributed by atoms with Crippen molar-refractivity contribution in [1.29, 1.82) is 0 Å². The highest BCUT2D eigenvalue weighted by atomic mass is 35.5. The Morgan fingerprint density at radius 2 is 1.55 bits per heavy atom. The first-order valence-corrected chi connectivity index (χ1v) is 9.75. The number of benzene rings is 3. The van der Waals surface area contributed by atoms with Crippen molar-refractivity contribution in [2.75, 3.05) is 6.61 Å². The largest absolute Gasteiger partial charge is 0.491 e. The van der Waals surface area contributed by atoms with Gasteiger partial charge in [-0.25, -0.2) is 4.98 Å². The van der Waals surface area contributed by atoms with Gasteiger partial charge < -0.3 is 19.1 Å². The molecule has 0 aliphatic rings. The molecule has 0 saturated heterocycles. The number of nitrogens with zero attached hydrogens (tertiary/aromatic N) is 2. The summed E-state index contributed by atoms with van der Waals surface area (Å²) in [4.78, 5) is 4.68. The Morgan fingerprint density at radius 3 is 2.34 bits per heavy atom. The Bertz CT molecular complexity index is 1060. The first kappa shape index (κ1) is 19.3. The Balaban J connectivity index is 1.49. The molecule has 0 amide bonds. The maximum Gasteiger partial charge on any atom is 0.148 e. The molecule has 1 heterocycles. The van der Waals surface area contributed by atoms with Crippen molar-refractivity contribution < 1.29 is 14.6 Å². The van der Waals surface area contributed by atoms with Gasteiger partial charge in [-0.05, 0) is 48.5 Å². The first-order valence-electron chi connectivity index (χ1n) is 9.37. The van der Waals surface area contributed by atoms with Crippen LogP contribution in [0.5, 0.6) is 11.5 Å². The van der Waals surface area contributed by atoms with E-state index in [9.17, 15) is 5.11 Å². The predicted octanol–water partition coefficient (Wildman–Crippen LogP) is 4.71. The molecule has 1 N–H and O–H groups in total. The molecule has 1 aromatic heterocycles. The van der Waals surface area contributed by atoms with Crippen LogP contribution in [0.25, 0.3) is 11.0 Å². The number of aromatic nitrogens is 2. The molecule has 1 unspecified atom stereocenters. The summed E-state index contributed by atoms with van der Waals surface area (Å²) in [5.74, 6) is 2.18. The maximum absolute atomic E-state index is 10.6. The van der Waals surface area contributed by atoms with Gasteiger partial charge in [0.2, 0.25) is 0 Å². The predicted molar refractivity (Wildman–Crippen MR) is 113 cm³/mol. The van der Waals surface area contributed by atoms with Gasteiger partial charge in [-0.2, -0.15) is 0 Å². The first-order chi connectivity index (χ1) is 14.2. The summed E-state index contributed by atoms with van der Waals surface area (Å²) in [5, 5.41) is 11.2. The number of hydrogen-bond donors (Lipinski definition) is 1. The minimum Gasteiger partial charge on any atom is -0.491 e.